The van der Waals surface area contributed by atoms with Crippen LogP contribution in [0.3, 0.4) is 0 Å². The lowest BCUT2D eigenvalue weighted by molar-refractivity contribution is 0.0289. The lowest BCUT2D eigenvalue weighted by atomic mass is 10.2. The molecule has 1 saturated heterocycles. The number of hydrogen-bond donors (Lipinski definition) is 1. The van der Waals surface area contributed by atoms with E-state index in [4.69, 9.17) is 10.5 Å². The van der Waals surface area contributed by atoms with Gasteiger partial charge in [0, 0.05) is 31.2 Å². The molecular formula is C13H21N3O2. The van der Waals surface area contributed by atoms with Crippen LogP contribution in [0.25, 0.3) is 0 Å². The fourth-order valence-corrected chi connectivity index (χ4v) is 2.13. The number of nitrogens with zero attached hydrogens (tertiary/aromatic N) is 2. The van der Waals surface area contributed by atoms with Gasteiger partial charge >= 0.3 is 6.09 Å². The van der Waals surface area contributed by atoms with Gasteiger partial charge in [0.05, 0.1) is 6.04 Å². The second-order valence-corrected chi connectivity index (χ2v) is 5.76. The summed E-state index contributed by atoms with van der Waals surface area (Å²) in [6.07, 6.45) is 4.57. The quantitative estimate of drug-likeness (QED) is 0.832. The third-order valence-electron chi connectivity index (χ3n) is 2.97. The average molecular weight is 251 g/mol. The Morgan fingerprint density at radius 2 is 2.22 bits per heavy atom. The number of rotatable bonds is 1. The van der Waals surface area contributed by atoms with E-state index >= 15 is 0 Å². The molecule has 0 radical (unpaired) electrons. The first kappa shape index (κ1) is 12.8. The summed E-state index contributed by atoms with van der Waals surface area (Å²) in [6.45, 7) is 7.06. The first-order valence-corrected chi connectivity index (χ1v) is 6.26. The maximum absolute atomic E-state index is 11.9. The molecule has 2 heterocycles. The van der Waals surface area contributed by atoms with Crippen molar-refractivity contribution in [2.24, 2.45) is 0 Å². The fourth-order valence-electron chi connectivity index (χ4n) is 2.13. The second kappa shape index (κ2) is 4.55. The van der Waals surface area contributed by atoms with Gasteiger partial charge < -0.3 is 19.9 Å². The Balaban J connectivity index is 1.94. The number of carbonyl (C=O) groups is 1. The number of aromatic nitrogens is 1. The number of amides is 1. The van der Waals surface area contributed by atoms with E-state index in [0.29, 0.717) is 12.6 Å². The molecule has 5 nitrogen and oxygen atoms in total. The molecule has 1 fully saturated rings. The molecule has 2 N–H and O–H groups in total. The number of hydrogen-bond acceptors (Lipinski definition) is 3. The minimum atomic E-state index is -0.437. The molecule has 2 rings (SSSR count). The molecule has 1 aliphatic rings. The molecule has 100 valence electrons. The Labute approximate surface area is 108 Å². The van der Waals surface area contributed by atoms with E-state index in [1.807, 2.05) is 39.2 Å². The fraction of sp³-hybridized carbons (Fsp3) is 0.615. The van der Waals surface area contributed by atoms with Crippen molar-refractivity contribution in [2.45, 2.75) is 38.8 Å². The van der Waals surface area contributed by atoms with Gasteiger partial charge in [-0.15, -0.1) is 0 Å². The predicted molar refractivity (Wildman–Crippen MR) is 70.3 cm³/mol. The molecule has 1 amide bonds. The number of anilines is 1. The maximum atomic E-state index is 11.9. The van der Waals surface area contributed by atoms with Crippen LogP contribution in [0.2, 0.25) is 0 Å². The van der Waals surface area contributed by atoms with Crippen LogP contribution >= 0.6 is 0 Å². The largest absolute Gasteiger partial charge is 0.444 e. The molecule has 1 aromatic rings. The van der Waals surface area contributed by atoms with E-state index in [0.717, 1.165) is 18.7 Å². The molecule has 0 saturated carbocycles. The highest BCUT2D eigenvalue weighted by Gasteiger charge is 2.30. The Kier molecular flexibility index (Phi) is 3.24. The summed E-state index contributed by atoms with van der Waals surface area (Å²) >= 11 is 0. The first-order valence-electron chi connectivity index (χ1n) is 6.26. The molecule has 1 aliphatic heterocycles. The summed E-state index contributed by atoms with van der Waals surface area (Å²) in [4.78, 5) is 13.7. The zero-order chi connectivity index (χ0) is 13.3. The van der Waals surface area contributed by atoms with E-state index in [2.05, 4.69) is 4.57 Å². The third kappa shape index (κ3) is 2.97. The van der Waals surface area contributed by atoms with E-state index < -0.39 is 5.60 Å². The summed E-state index contributed by atoms with van der Waals surface area (Å²) in [5, 5.41) is 0. The smallest absolute Gasteiger partial charge is 0.410 e. The standard InChI is InChI=1S/C13H21N3O2/c1-13(2,3)18-12(17)16-7-5-11(9-16)15-6-4-10(14)8-15/h4,6,8,11H,5,7,9,14H2,1-3H3. The second-order valence-electron chi connectivity index (χ2n) is 5.76. The van der Waals surface area contributed by atoms with Gasteiger partial charge in [-0.1, -0.05) is 0 Å². The minimum absolute atomic E-state index is 0.231. The summed E-state index contributed by atoms with van der Waals surface area (Å²) in [5.74, 6) is 0. The maximum Gasteiger partial charge on any atom is 0.410 e. The highest BCUT2D eigenvalue weighted by Crippen LogP contribution is 2.24. The monoisotopic (exact) mass is 251 g/mol. The molecule has 0 aliphatic carbocycles. The van der Waals surface area contributed by atoms with Crippen molar-refractivity contribution in [3.8, 4) is 0 Å². The van der Waals surface area contributed by atoms with Crippen molar-refractivity contribution in [1.29, 1.82) is 0 Å². The van der Waals surface area contributed by atoms with Gasteiger partial charge in [-0.25, -0.2) is 4.79 Å². The summed E-state index contributed by atoms with van der Waals surface area (Å²) in [7, 11) is 0. The number of nitrogens with two attached hydrogens (primary N) is 1. The summed E-state index contributed by atoms with van der Waals surface area (Å²) < 4.78 is 7.43. The van der Waals surface area contributed by atoms with Gasteiger partial charge in [-0.05, 0) is 33.3 Å². The molecule has 0 aromatic carbocycles. The lowest BCUT2D eigenvalue weighted by Gasteiger charge is -2.24. The van der Waals surface area contributed by atoms with E-state index in [1.165, 1.54) is 0 Å². The topological polar surface area (TPSA) is 60.5 Å². The summed E-state index contributed by atoms with van der Waals surface area (Å²) in [6, 6.07) is 2.17. The number of ether oxygens (including phenoxy) is 1. The van der Waals surface area contributed by atoms with Gasteiger partial charge in [-0.3, -0.25) is 0 Å². The van der Waals surface area contributed by atoms with Crippen molar-refractivity contribution in [1.82, 2.24) is 9.47 Å². The van der Waals surface area contributed by atoms with E-state index in [9.17, 15) is 4.79 Å². The van der Waals surface area contributed by atoms with Crippen LogP contribution in [0.15, 0.2) is 18.5 Å². The Bertz CT molecular complexity index is 434. The van der Waals surface area contributed by atoms with Crippen LogP contribution < -0.4 is 5.73 Å². The van der Waals surface area contributed by atoms with E-state index in [-0.39, 0.29) is 6.09 Å². The lowest BCUT2D eigenvalue weighted by Crippen LogP contribution is -2.35. The highest BCUT2D eigenvalue weighted by molar-refractivity contribution is 5.68. The average Bonchev–Trinajstić information content (AvgIpc) is 2.82. The van der Waals surface area contributed by atoms with Crippen LogP contribution in [0, 0.1) is 0 Å². The van der Waals surface area contributed by atoms with Crippen molar-refractivity contribution < 1.29 is 9.53 Å². The Morgan fingerprint density at radius 1 is 1.50 bits per heavy atom. The van der Waals surface area contributed by atoms with Gasteiger partial charge in [-0.2, -0.15) is 0 Å². The zero-order valence-electron chi connectivity index (χ0n) is 11.2. The number of likely N-dealkylation sites (tertiary alicyclic amines) is 1. The van der Waals surface area contributed by atoms with Gasteiger partial charge in [0.15, 0.2) is 0 Å². The van der Waals surface area contributed by atoms with Crippen LogP contribution in [-0.4, -0.2) is 34.3 Å². The Hall–Kier alpha value is -1.65. The molecule has 1 unspecified atom stereocenters. The van der Waals surface area contributed by atoms with Crippen molar-refractivity contribution in [3.05, 3.63) is 18.5 Å². The normalized spacial score (nSPS) is 20.2. The minimum Gasteiger partial charge on any atom is -0.444 e. The molecule has 1 atom stereocenters. The van der Waals surface area contributed by atoms with Gasteiger partial charge in [0.25, 0.3) is 0 Å². The molecule has 18 heavy (non-hydrogen) atoms. The molecule has 0 bridgehead atoms. The zero-order valence-corrected chi connectivity index (χ0v) is 11.2. The summed E-state index contributed by atoms with van der Waals surface area (Å²) in [5.41, 5.74) is 6.02. The highest BCUT2D eigenvalue weighted by atomic mass is 16.6. The predicted octanol–water partition coefficient (Wildman–Crippen LogP) is 2.25. The van der Waals surface area contributed by atoms with Gasteiger partial charge in [0.1, 0.15) is 5.60 Å². The number of carbonyl (C=O) groups excluding carboxylic acids is 1. The molecule has 0 spiro atoms. The van der Waals surface area contributed by atoms with Crippen LogP contribution in [-0.2, 0) is 4.74 Å². The SMILES string of the molecule is CC(C)(C)OC(=O)N1CCC(n2ccc(N)c2)C1. The van der Waals surface area contributed by atoms with Crippen molar-refractivity contribution in [3.63, 3.8) is 0 Å². The molecule has 1 aromatic heterocycles. The van der Waals surface area contributed by atoms with Gasteiger partial charge in [0.2, 0.25) is 0 Å². The first-order chi connectivity index (χ1) is 8.35. The van der Waals surface area contributed by atoms with Crippen LogP contribution in [0.5, 0.6) is 0 Å². The van der Waals surface area contributed by atoms with Crippen LogP contribution in [0.1, 0.15) is 33.2 Å². The van der Waals surface area contributed by atoms with Crippen molar-refractivity contribution >= 4 is 11.8 Å². The Morgan fingerprint density at radius 3 is 2.78 bits per heavy atom. The molecular weight excluding hydrogens is 230 g/mol. The molecule has 5 heteroatoms. The van der Waals surface area contributed by atoms with E-state index in [1.54, 1.807) is 4.90 Å². The number of nitrogen functional groups attached to an aromatic ring is 1. The third-order valence-corrected chi connectivity index (χ3v) is 2.97. The van der Waals surface area contributed by atoms with Crippen molar-refractivity contribution in [2.75, 3.05) is 18.8 Å². The van der Waals surface area contributed by atoms with Crippen LogP contribution in [0.4, 0.5) is 10.5 Å².